The van der Waals surface area contributed by atoms with Gasteiger partial charge in [-0.25, -0.2) is 4.79 Å². The first-order valence-corrected chi connectivity index (χ1v) is 8.95. The Morgan fingerprint density at radius 3 is 2.22 bits per heavy atom. The second-order valence-corrected chi connectivity index (χ2v) is 7.01. The van der Waals surface area contributed by atoms with Crippen molar-refractivity contribution in [2.75, 3.05) is 21.3 Å². The molecule has 1 spiro atoms. The van der Waals surface area contributed by atoms with Crippen LogP contribution in [-0.4, -0.2) is 50.0 Å². The molecule has 3 rings (SSSR count). The predicted molar refractivity (Wildman–Crippen MR) is 99.4 cm³/mol. The first-order valence-electron chi connectivity index (χ1n) is 8.95. The molecule has 3 amide bonds. The molecule has 1 aromatic rings. The number of hydrogen-bond donors (Lipinski definition) is 1. The molecule has 0 atom stereocenters. The lowest BCUT2D eigenvalue weighted by atomic mass is 9.77. The number of ether oxygens (including phenoxy) is 3. The number of carbonyl (C=O) groups is 2. The van der Waals surface area contributed by atoms with Crippen LogP contribution in [0.1, 0.15) is 38.2 Å². The van der Waals surface area contributed by atoms with E-state index < -0.39 is 11.6 Å². The highest BCUT2D eigenvalue weighted by Crippen LogP contribution is 2.38. The normalized spacial score (nSPS) is 25.2. The van der Waals surface area contributed by atoms with Crippen LogP contribution in [0, 0.1) is 5.92 Å². The van der Waals surface area contributed by atoms with Crippen molar-refractivity contribution in [2.45, 2.75) is 38.1 Å². The van der Waals surface area contributed by atoms with Crippen LogP contribution in [0.4, 0.5) is 4.79 Å². The molecule has 1 N–H and O–H groups in total. The smallest absolute Gasteiger partial charge is 0.346 e. The molecule has 1 heterocycles. The van der Waals surface area contributed by atoms with E-state index in [0.29, 0.717) is 41.6 Å². The highest BCUT2D eigenvalue weighted by molar-refractivity contribution is 6.07. The molecule has 0 radical (unpaired) electrons. The van der Waals surface area contributed by atoms with E-state index in [1.807, 2.05) is 0 Å². The van der Waals surface area contributed by atoms with Crippen LogP contribution in [0.25, 0.3) is 0 Å². The molecule has 0 unspecified atom stereocenters. The van der Waals surface area contributed by atoms with Gasteiger partial charge >= 0.3 is 6.03 Å². The Morgan fingerprint density at radius 2 is 1.70 bits per heavy atom. The maximum Gasteiger partial charge on any atom is 0.346 e. The first kappa shape index (κ1) is 19.0. The summed E-state index contributed by atoms with van der Waals surface area (Å²) in [5, 5.41) is 7.88. The van der Waals surface area contributed by atoms with Gasteiger partial charge in [-0.2, -0.15) is 5.10 Å². The molecule has 1 saturated heterocycles. The Labute approximate surface area is 158 Å². The zero-order chi connectivity index (χ0) is 19.6. The van der Waals surface area contributed by atoms with E-state index in [0.717, 1.165) is 17.9 Å². The Morgan fingerprint density at radius 1 is 1.11 bits per heavy atom. The third kappa shape index (κ3) is 3.43. The van der Waals surface area contributed by atoms with E-state index in [4.69, 9.17) is 14.2 Å². The van der Waals surface area contributed by atoms with Crippen molar-refractivity contribution in [3.63, 3.8) is 0 Å². The maximum absolute atomic E-state index is 12.8. The van der Waals surface area contributed by atoms with Crippen LogP contribution in [0.3, 0.4) is 0 Å². The van der Waals surface area contributed by atoms with E-state index in [1.54, 1.807) is 12.1 Å². The lowest BCUT2D eigenvalue weighted by molar-refractivity contribution is -0.132. The number of urea groups is 1. The lowest BCUT2D eigenvalue weighted by Crippen LogP contribution is -2.49. The van der Waals surface area contributed by atoms with Crippen LogP contribution in [0.5, 0.6) is 17.2 Å². The topological polar surface area (TPSA) is 89.5 Å². The van der Waals surface area contributed by atoms with Gasteiger partial charge in [-0.05, 0) is 43.7 Å². The molecule has 1 aromatic carbocycles. The summed E-state index contributed by atoms with van der Waals surface area (Å²) in [4.78, 5) is 25.1. The second kappa shape index (κ2) is 7.46. The average molecular weight is 375 g/mol. The molecule has 8 nitrogen and oxygen atoms in total. The molecule has 1 aliphatic carbocycles. The minimum atomic E-state index is -0.809. The summed E-state index contributed by atoms with van der Waals surface area (Å²) >= 11 is 0. The number of methoxy groups -OCH3 is 3. The predicted octanol–water partition coefficient (Wildman–Crippen LogP) is 2.55. The van der Waals surface area contributed by atoms with E-state index >= 15 is 0 Å². The van der Waals surface area contributed by atoms with E-state index in [2.05, 4.69) is 17.3 Å². The molecule has 27 heavy (non-hydrogen) atoms. The molecule has 2 fully saturated rings. The monoisotopic (exact) mass is 375 g/mol. The Hall–Kier alpha value is -2.77. The van der Waals surface area contributed by atoms with Gasteiger partial charge in [-0.1, -0.05) is 6.92 Å². The number of hydrogen-bond acceptors (Lipinski definition) is 6. The summed E-state index contributed by atoms with van der Waals surface area (Å²) in [5.41, 5.74) is -0.195. The molecular formula is C19H25N3O5. The number of nitrogens with one attached hydrogen (secondary N) is 1. The second-order valence-electron chi connectivity index (χ2n) is 7.01. The van der Waals surface area contributed by atoms with Gasteiger partial charge in [0.2, 0.25) is 5.75 Å². The van der Waals surface area contributed by atoms with Crippen molar-refractivity contribution < 1.29 is 23.8 Å². The average Bonchev–Trinajstić information content (AvgIpc) is 2.91. The minimum absolute atomic E-state index is 0.289. The van der Waals surface area contributed by atoms with E-state index in [-0.39, 0.29) is 5.91 Å². The maximum atomic E-state index is 12.8. The number of amides is 3. The zero-order valence-electron chi connectivity index (χ0n) is 16.1. The van der Waals surface area contributed by atoms with Crippen LogP contribution >= 0.6 is 0 Å². The number of hydrazone groups is 1. The molecule has 1 saturated carbocycles. The summed E-state index contributed by atoms with van der Waals surface area (Å²) in [6, 6.07) is 2.90. The fraction of sp³-hybridized carbons (Fsp3) is 0.526. The van der Waals surface area contributed by atoms with Gasteiger partial charge in [-0.3, -0.25) is 4.79 Å². The number of benzene rings is 1. The van der Waals surface area contributed by atoms with E-state index in [1.165, 1.54) is 27.5 Å². The molecule has 1 aliphatic heterocycles. The number of nitrogens with zero attached hydrogens (tertiary/aromatic N) is 2. The molecule has 0 aromatic heterocycles. The van der Waals surface area contributed by atoms with Gasteiger partial charge in [0.05, 0.1) is 27.5 Å². The van der Waals surface area contributed by atoms with Crippen molar-refractivity contribution in [3.8, 4) is 17.2 Å². The van der Waals surface area contributed by atoms with Crippen molar-refractivity contribution in [1.82, 2.24) is 10.3 Å². The standard InChI is InChI=1S/C19H25N3O5/c1-12-5-7-19(8-6-12)17(23)22(18(24)21-19)20-11-13-9-14(25-2)16(27-4)15(10-13)26-3/h9-12H,5-8H2,1-4H3,(H,21,24)/b20-11-. The highest BCUT2D eigenvalue weighted by atomic mass is 16.5. The van der Waals surface area contributed by atoms with Gasteiger partial charge in [-0.15, -0.1) is 5.01 Å². The minimum Gasteiger partial charge on any atom is -0.493 e. The lowest BCUT2D eigenvalue weighted by Gasteiger charge is -2.33. The Kier molecular flexibility index (Phi) is 5.25. The summed E-state index contributed by atoms with van der Waals surface area (Å²) in [6.07, 6.45) is 4.56. The van der Waals surface area contributed by atoms with Gasteiger partial charge in [0.25, 0.3) is 5.91 Å². The summed E-state index contributed by atoms with van der Waals surface area (Å²) in [6.45, 7) is 2.16. The number of imide groups is 1. The zero-order valence-corrected chi connectivity index (χ0v) is 16.1. The Bertz CT molecular complexity index is 744. The fourth-order valence-corrected chi connectivity index (χ4v) is 3.61. The Balaban J connectivity index is 1.84. The van der Waals surface area contributed by atoms with Crippen molar-refractivity contribution in [3.05, 3.63) is 17.7 Å². The van der Waals surface area contributed by atoms with Crippen molar-refractivity contribution >= 4 is 18.2 Å². The van der Waals surface area contributed by atoms with Gasteiger partial charge in [0.1, 0.15) is 5.54 Å². The van der Waals surface area contributed by atoms with Crippen LogP contribution in [-0.2, 0) is 4.79 Å². The molecule has 146 valence electrons. The summed E-state index contributed by atoms with van der Waals surface area (Å²) in [5.74, 6) is 1.67. The van der Waals surface area contributed by atoms with Crippen LogP contribution in [0.2, 0.25) is 0 Å². The molecule has 8 heteroatoms. The largest absolute Gasteiger partial charge is 0.493 e. The third-order valence-corrected chi connectivity index (χ3v) is 5.28. The molecule has 0 bridgehead atoms. The first-order chi connectivity index (χ1) is 12.9. The van der Waals surface area contributed by atoms with E-state index in [9.17, 15) is 9.59 Å². The van der Waals surface area contributed by atoms with Gasteiger partial charge in [0, 0.05) is 5.56 Å². The number of rotatable bonds is 5. The summed E-state index contributed by atoms with van der Waals surface area (Å²) in [7, 11) is 4.55. The van der Waals surface area contributed by atoms with Crippen LogP contribution in [0.15, 0.2) is 17.2 Å². The highest BCUT2D eigenvalue weighted by Gasteiger charge is 2.52. The van der Waals surface area contributed by atoms with Gasteiger partial charge < -0.3 is 19.5 Å². The fourth-order valence-electron chi connectivity index (χ4n) is 3.61. The van der Waals surface area contributed by atoms with Gasteiger partial charge in [0.15, 0.2) is 11.5 Å². The molecule has 2 aliphatic rings. The van der Waals surface area contributed by atoms with Crippen LogP contribution < -0.4 is 19.5 Å². The summed E-state index contributed by atoms with van der Waals surface area (Å²) < 4.78 is 15.9. The third-order valence-electron chi connectivity index (χ3n) is 5.28. The number of carbonyl (C=O) groups excluding carboxylic acids is 2. The quantitative estimate of drug-likeness (QED) is 0.631. The van der Waals surface area contributed by atoms with Crippen molar-refractivity contribution in [1.29, 1.82) is 0 Å². The SMILES string of the molecule is COc1cc(/C=N\N2C(=O)NC3(CCC(C)CC3)C2=O)cc(OC)c1OC. The molecular weight excluding hydrogens is 350 g/mol. The van der Waals surface area contributed by atoms with Crippen molar-refractivity contribution in [2.24, 2.45) is 11.0 Å².